The summed E-state index contributed by atoms with van der Waals surface area (Å²) in [4.78, 5) is 15.0. The monoisotopic (exact) mass is 377 g/mol. The summed E-state index contributed by atoms with van der Waals surface area (Å²) in [5.74, 6) is 0.127. The zero-order valence-corrected chi connectivity index (χ0v) is 16.3. The largest absolute Gasteiger partial charge is 0.376 e. The van der Waals surface area contributed by atoms with Crippen LogP contribution in [0.15, 0.2) is 24.3 Å². The molecule has 2 saturated heterocycles. The molecule has 1 aromatic rings. The normalized spacial score (nSPS) is 23.0. The van der Waals surface area contributed by atoms with Crippen LogP contribution in [-0.2, 0) is 4.74 Å². The van der Waals surface area contributed by atoms with Crippen molar-refractivity contribution in [2.45, 2.75) is 51.2 Å². The van der Waals surface area contributed by atoms with E-state index < -0.39 is 0 Å². The van der Waals surface area contributed by atoms with Crippen LogP contribution in [0.25, 0.3) is 0 Å². The first kappa shape index (κ1) is 20.1. The third kappa shape index (κ3) is 6.18. The number of ether oxygens (including phenoxy) is 1. The van der Waals surface area contributed by atoms with E-state index in [1.807, 2.05) is 0 Å². The van der Waals surface area contributed by atoms with Crippen molar-refractivity contribution in [3.8, 4) is 0 Å². The maximum atomic E-state index is 13.3. The summed E-state index contributed by atoms with van der Waals surface area (Å²) in [5, 5.41) is 6.04. The number of nitrogens with zero attached hydrogens (tertiary/aromatic N) is 1. The topological polar surface area (TPSA) is 53.6 Å². The number of urea groups is 1. The number of amides is 2. The molecule has 0 aromatic heterocycles. The summed E-state index contributed by atoms with van der Waals surface area (Å²) >= 11 is 0. The minimum atomic E-state index is -0.277. The first-order valence-corrected chi connectivity index (χ1v) is 10.3. The van der Waals surface area contributed by atoms with Gasteiger partial charge in [0.25, 0.3) is 0 Å². The first-order chi connectivity index (χ1) is 13.1. The van der Waals surface area contributed by atoms with Crippen molar-refractivity contribution in [1.82, 2.24) is 15.5 Å². The Morgan fingerprint density at radius 1 is 1.22 bits per heavy atom. The Balaban J connectivity index is 1.50. The van der Waals surface area contributed by atoms with Crippen molar-refractivity contribution in [2.75, 3.05) is 32.8 Å². The highest BCUT2D eigenvalue weighted by atomic mass is 19.1. The molecule has 2 amide bonds. The minimum Gasteiger partial charge on any atom is -0.376 e. The Morgan fingerprint density at radius 2 is 1.96 bits per heavy atom. The number of carbonyl (C=O) groups is 1. The van der Waals surface area contributed by atoms with E-state index in [1.54, 1.807) is 12.1 Å². The molecular weight excluding hydrogens is 345 g/mol. The summed E-state index contributed by atoms with van der Waals surface area (Å²) in [7, 11) is 0. The van der Waals surface area contributed by atoms with E-state index in [9.17, 15) is 9.18 Å². The van der Waals surface area contributed by atoms with Crippen LogP contribution in [0.5, 0.6) is 0 Å². The van der Waals surface area contributed by atoms with Gasteiger partial charge >= 0.3 is 6.03 Å². The van der Waals surface area contributed by atoms with Crippen molar-refractivity contribution >= 4 is 6.03 Å². The van der Waals surface area contributed by atoms with Crippen molar-refractivity contribution < 1.29 is 13.9 Å². The second-order valence-electron chi connectivity index (χ2n) is 7.90. The molecule has 0 aliphatic carbocycles. The summed E-state index contributed by atoms with van der Waals surface area (Å²) in [6, 6.07) is 5.85. The maximum absolute atomic E-state index is 13.3. The number of rotatable bonds is 7. The van der Waals surface area contributed by atoms with Gasteiger partial charge in [-0.2, -0.15) is 0 Å². The number of hydrogen-bond donors (Lipinski definition) is 2. The van der Waals surface area contributed by atoms with Crippen LogP contribution in [0.4, 0.5) is 9.18 Å². The molecule has 0 radical (unpaired) electrons. The lowest BCUT2D eigenvalue weighted by Crippen LogP contribution is -2.44. The number of likely N-dealkylation sites (tertiary alicyclic amines) is 1. The fourth-order valence-electron chi connectivity index (χ4n) is 4.03. The quantitative estimate of drug-likeness (QED) is 0.765. The smallest absolute Gasteiger partial charge is 0.315 e. The molecule has 0 saturated carbocycles. The molecule has 150 valence electrons. The molecule has 2 fully saturated rings. The van der Waals surface area contributed by atoms with Crippen LogP contribution in [0.3, 0.4) is 0 Å². The lowest BCUT2D eigenvalue weighted by molar-refractivity contribution is 0.0806. The van der Waals surface area contributed by atoms with Crippen molar-refractivity contribution in [1.29, 1.82) is 0 Å². The van der Waals surface area contributed by atoms with Gasteiger partial charge in [0.1, 0.15) is 5.82 Å². The molecule has 2 aliphatic rings. The Kier molecular flexibility index (Phi) is 7.47. The van der Waals surface area contributed by atoms with Crippen LogP contribution in [0.1, 0.15) is 50.6 Å². The first-order valence-electron chi connectivity index (χ1n) is 10.3. The Hall–Kier alpha value is -1.66. The van der Waals surface area contributed by atoms with Crippen LogP contribution in [0.2, 0.25) is 0 Å². The fourth-order valence-corrected chi connectivity index (χ4v) is 4.03. The van der Waals surface area contributed by atoms with Crippen LogP contribution < -0.4 is 10.6 Å². The molecule has 0 bridgehead atoms. The van der Waals surface area contributed by atoms with Crippen molar-refractivity contribution in [2.24, 2.45) is 5.92 Å². The molecule has 3 atom stereocenters. The van der Waals surface area contributed by atoms with E-state index in [4.69, 9.17) is 4.74 Å². The molecule has 0 spiro atoms. The maximum Gasteiger partial charge on any atom is 0.315 e. The minimum absolute atomic E-state index is 0.0630. The molecule has 6 heteroatoms. The number of piperidine rings is 1. The molecule has 1 aromatic carbocycles. The summed E-state index contributed by atoms with van der Waals surface area (Å²) < 4.78 is 19.0. The van der Waals surface area contributed by atoms with Crippen LogP contribution in [0, 0.1) is 11.7 Å². The fraction of sp³-hybridized carbons (Fsp3) is 0.667. The molecule has 27 heavy (non-hydrogen) atoms. The zero-order chi connectivity index (χ0) is 19.1. The Bertz CT molecular complexity index is 584. The van der Waals surface area contributed by atoms with E-state index in [2.05, 4.69) is 22.5 Å². The summed E-state index contributed by atoms with van der Waals surface area (Å²) in [6.45, 7) is 6.88. The molecule has 5 nitrogen and oxygen atoms in total. The average molecular weight is 378 g/mol. The van der Waals surface area contributed by atoms with Crippen LogP contribution >= 0.6 is 0 Å². The van der Waals surface area contributed by atoms with Gasteiger partial charge in [-0.25, -0.2) is 9.18 Å². The highest BCUT2D eigenvalue weighted by Gasteiger charge is 2.29. The molecule has 0 unspecified atom stereocenters. The highest BCUT2D eigenvalue weighted by Crippen LogP contribution is 2.27. The van der Waals surface area contributed by atoms with Gasteiger partial charge in [0, 0.05) is 19.7 Å². The predicted octanol–water partition coefficient (Wildman–Crippen LogP) is 3.47. The molecular formula is C21H32FN3O2. The van der Waals surface area contributed by atoms with E-state index >= 15 is 0 Å². The highest BCUT2D eigenvalue weighted by molar-refractivity contribution is 5.74. The predicted molar refractivity (Wildman–Crippen MR) is 104 cm³/mol. The molecule has 3 rings (SSSR count). The number of halogens is 1. The van der Waals surface area contributed by atoms with Gasteiger partial charge in [0.05, 0.1) is 12.1 Å². The lowest BCUT2D eigenvalue weighted by Gasteiger charge is -2.29. The summed E-state index contributed by atoms with van der Waals surface area (Å²) in [6.07, 6.45) is 5.71. The summed E-state index contributed by atoms with van der Waals surface area (Å²) in [5.41, 5.74) is 0.875. The van der Waals surface area contributed by atoms with E-state index in [0.29, 0.717) is 19.1 Å². The van der Waals surface area contributed by atoms with Gasteiger partial charge in [0.15, 0.2) is 0 Å². The average Bonchev–Trinajstić information content (AvgIpc) is 3.21. The second-order valence-corrected chi connectivity index (χ2v) is 7.90. The van der Waals surface area contributed by atoms with Gasteiger partial charge in [-0.05, 0) is 62.4 Å². The van der Waals surface area contributed by atoms with Gasteiger partial charge in [-0.15, -0.1) is 0 Å². The third-order valence-corrected chi connectivity index (χ3v) is 5.48. The molecule has 2 N–H and O–H groups in total. The van der Waals surface area contributed by atoms with Crippen molar-refractivity contribution in [3.63, 3.8) is 0 Å². The van der Waals surface area contributed by atoms with E-state index in [1.165, 1.54) is 44.5 Å². The SMILES string of the molecule is C[C@H](CNC(=O)N[C@H](c1ccc(F)cc1)[C@H]1CCCO1)CN1CCCCC1. The second kappa shape index (κ2) is 10.0. The Morgan fingerprint density at radius 3 is 2.63 bits per heavy atom. The molecule has 2 aliphatic heterocycles. The van der Waals surface area contributed by atoms with E-state index in [-0.39, 0.29) is 24.0 Å². The van der Waals surface area contributed by atoms with Crippen LogP contribution in [-0.4, -0.2) is 49.8 Å². The van der Waals surface area contributed by atoms with E-state index in [0.717, 1.165) is 24.9 Å². The number of carbonyl (C=O) groups excluding carboxylic acids is 1. The Labute approximate surface area is 161 Å². The number of hydrogen-bond acceptors (Lipinski definition) is 3. The zero-order valence-electron chi connectivity index (χ0n) is 16.3. The van der Waals surface area contributed by atoms with Gasteiger partial charge in [-0.1, -0.05) is 25.5 Å². The van der Waals surface area contributed by atoms with Gasteiger partial charge in [-0.3, -0.25) is 0 Å². The van der Waals surface area contributed by atoms with Crippen molar-refractivity contribution in [3.05, 3.63) is 35.6 Å². The number of benzene rings is 1. The number of nitrogens with one attached hydrogen (secondary N) is 2. The molecule has 2 heterocycles. The van der Waals surface area contributed by atoms with Gasteiger partial charge < -0.3 is 20.3 Å². The standard InChI is InChI=1S/C21H32FN3O2/c1-16(15-25-11-3-2-4-12-25)14-23-21(26)24-20(19-6-5-13-27-19)17-7-9-18(22)10-8-17/h7-10,16,19-20H,2-6,11-15H2,1H3,(H2,23,24,26)/t16-,19-,20-/m1/s1. The third-order valence-electron chi connectivity index (χ3n) is 5.48. The lowest BCUT2D eigenvalue weighted by atomic mass is 9.99. The van der Waals surface area contributed by atoms with Gasteiger partial charge in [0.2, 0.25) is 0 Å².